The predicted molar refractivity (Wildman–Crippen MR) is 64.3 cm³/mol. The second-order valence-electron chi connectivity index (χ2n) is 3.69. The van der Waals surface area contributed by atoms with Crippen molar-refractivity contribution in [3.8, 4) is 0 Å². The summed E-state index contributed by atoms with van der Waals surface area (Å²) >= 11 is 1.45. The molecule has 1 unspecified atom stereocenters. The number of fused-ring (bicyclic) bond motifs is 1. The molecule has 5 heteroatoms. The number of aromatic nitrogens is 1. The second kappa shape index (κ2) is 3.94. The summed E-state index contributed by atoms with van der Waals surface area (Å²) in [4.78, 5) is 4.86. The van der Waals surface area contributed by atoms with E-state index in [-0.39, 0.29) is 11.4 Å². The van der Waals surface area contributed by atoms with Gasteiger partial charge in [-0.15, -0.1) is 11.3 Å². The first-order valence-electron chi connectivity index (χ1n) is 5.07. The molecule has 3 nitrogen and oxygen atoms in total. The van der Waals surface area contributed by atoms with E-state index in [0.29, 0.717) is 5.76 Å². The van der Waals surface area contributed by atoms with E-state index in [1.165, 1.54) is 17.4 Å². The van der Waals surface area contributed by atoms with Crippen LogP contribution in [0.3, 0.4) is 0 Å². The Labute approximate surface area is 101 Å². The zero-order chi connectivity index (χ0) is 11.8. The summed E-state index contributed by atoms with van der Waals surface area (Å²) in [5.74, 6) is 0.180. The van der Waals surface area contributed by atoms with Crippen molar-refractivity contribution >= 4 is 22.3 Å². The van der Waals surface area contributed by atoms with Crippen LogP contribution >= 0.6 is 11.3 Å². The molecule has 2 aromatic heterocycles. The zero-order valence-electron chi connectivity index (χ0n) is 8.76. The van der Waals surface area contributed by atoms with Gasteiger partial charge in [-0.2, -0.15) is 0 Å². The van der Waals surface area contributed by atoms with Gasteiger partial charge in [0.05, 0.1) is 11.6 Å². The Morgan fingerprint density at radius 3 is 3.00 bits per heavy atom. The standard InChI is InChI=1S/C12H9FN2OS/c13-8-3-1-2-7-4-9(16-12(7)8)11(14)10-5-15-6-17-10/h1-6,11H,14H2. The molecule has 0 saturated carbocycles. The maximum Gasteiger partial charge on any atom is 0.169 e. The van der Waals surface area contributed by atoms with Gasteiger partial charge in [0.1, 0.15) is 5.76 Å². The highest BCUT2D eigenvalue weighted by molar-refractivity contribution is 7.09. The third kappa shape index (κ3) is 1.73. The highest BCUT2D eigenvalue weighted by Gasteiger charge is 2.16. The molecule has 3 aromatic rings. The van der Waals surface area contributed by atoms with E-state index in [9.17, 15) is 4.39 Å². The lowest BCUT2D eigenvalue weighted by molar-refractivity contribution is 0.504. The van der Waals surface area contributed by atoms with Crippen molar-refractivity contribution in [2.45, 2.75) is 6.04 Å². The zero-order valence-corrected chi connectivity index (χ0v) is 9.58. The number of nitrogens with zero attached hydrogens (tertiary/aromatic N) is 1. The van der Waals surface area contributed by atoms with Crippen LogP contribution in [-0.4, -0.2) is 4.98 Å². The van der Waals surface area contributed by atoms with E-state index in [4.69, 9.17) is 10.2 Å². The molecule has 0 saturated heterocycles. The van der Waals surface area contributed by atoms with Crippen molar-refractivity contribution in [3.05, 3.63) is 52.4 Å². The van der Waals surface area contributed by atoms with Gasteiger partial charge < -0.3 is 10.2 Å². The second-order valence-corrected chi connectivity index (χ2v) is 4.61. The van der Waals surface area contributed by atoms with Gasteiger partial charge in [0.25, 0.3) is 0 Å². The molecule has 86 valence electrons. The number of hydrogen-bond acceptors (Lipinski definition) is 4. The highest BCUT2D eigenvalue weighted by Crippen LogP contribution is 2.29. The quantitative estimate of drug-likeness (QED) is 0.758. The summed E-state index contributed by atoms with van der Waals surface area (Å²) in [7, 11) is 0. The van der Waals surface area contributed by atoms with Gasteiger partial charge in [-0.1, -0.05) is 12.1 Å². The number of rotatable bonds is 2. The van der Waals surface area contributed by atoms with Crippen LogP contribution in [0, 0.1) is 5.82 Å². The van der Waals surface area contributed by atoms with Crippen LogP contribution in [0.4, 0.5) is 4.39 Å². The molecular formula is C12H9FN2OS. The van der Waals surface area contributed by atoms with Crippen molar-refractivity contribution in [1.29, 1.82) is 0 Å². The van der Waals surface area contributed by atoms with E-state index in [0.717, 1.165) is 10.3 Å². The first-order chi connectivity index (χ1) is 8.25. The Morgan fingerprint density at radius 1 is 1.41 bits per heavy atom. The molecule has 0 amide bonds. The van der Waals surface area contributed by atoms with Gasteiger partial charge >= 0.3 is 0 Å². The summed E-state index contributed by atoms with van der Waals surface area (Å²) < 4.78 is 18.9. The van der Waals surface area contributed by atoms with Crippen LogP contribution in [0.25, 0.3) is 11.0 Å². The summed E-state index contributed by atoms with van der Waals surface area (Å²) in [6.07, 6.45) is 1.69. The molecule has 0 radical (unpaired) electrons. The molecule has 17 heavy (non-hydrogen) atoms. The first-order valence-corrected chi connectivity index (χ1v) is 5.95. The number of furan rings is 1. The average molecular weight is 248 g/mol. The van der Waals surface area contributed by atoms with Crippen LogP contribution in [0.5, 0.6) is 0 Å². The highest BCUT2D eigenvalue weighted by atomic mass is 32.1. The molecule has 2 heterocycles. The van der Waals surface area contributed by atoms with E-state index in [1.807, 2.05) is 0 Å². The van der Waals surface area contributed by atoms with Gasteiger partial charge in [-0.05, 0) is 12.1 Å². The normalized spacial score (nSPS) is 13.1. The number of halogens is 1. The molecule has 0 aliphatic carbocycles. The van der Waals surface area contributed by atoms with Crippen molar-refractivity contribution in [1.82, 2.24) is 4.98 Å². The third-order valence-corrected chi connectivity index (χ3v) is 3.44. The fourth-order valence-corrected chi connectivity index (χ4v) is 2.35. The van der Waals surface area contributed by atoms with Crippen molar-refractivity contribution in [3.63, 3.8) is 0 Å². The fourth-order valence-electron chi connectivity index (χ4n) is 1.72. The lowest BCUT2D eigenvalue weighted by atomic mass is 10.2. The number of hydrogen-bond donors (Lipinski definition) is 1. The van der Waals surface area contributed by atoms with E-state index in [2.05, 4.69) is 4.98 Å². The van der Waals surface area contributed by atoms with Crippen molar-refractivity contribution in [2.24, 2.45) is 5.73 Å². The van der Waals surface area contributed by atoms with Crippen molar-refractivity contribution in [2.75, 3.05) is 0 Å². The topological polar surface area (TPSA) is 52.0 Å². The van der Waals surface area contributed by atoms with Crippen LogP contribution in [0.2, 0.25) is 0 Å². The summed E-state index contributed by atoms with van der Waals surface area (Å²) in [5, 5.41) is 0.722. The maximum atomic E-state index is 13.5. The summed E-state index contributed by atoms with van der Waals surface area (Å²) in [6, 6.07) is 6.19. The van der Waals surface area contributed by atoms with Gasteiger partial charge in [-0.3, -0.25) is 4.98 Å². The molecule has 1 aromatic carbocycles. The maximum absolute atomic E-state index is 13.5. The van der Waals surface area contributed by atoms with Gasteiger partial charge in [0, 0.05) is 16.5 Å². The minimum absolute atomic E-state index is 0.252. The third-order valence-electron chi connectivity index (χ3n) is 2.58. The lowest BCUT2D eigenvalue weighted by Crippen LogP contribution is -2.08. The van der Waals surface area contributed by atoms with Crippen LogP contribution in [-0.2, 0) is 0 Å². The molecule has 1 atom stereocenters. The molecule has 0 spiro atoms. The number of thiazole rings is 1. The number of benzene rings is 1. The number of para-hydroxylation sites is 1. The molecule has 2 N–H and O–H groups in total. The molecule has 3 rings (SSSR count). The number of nitrogens with two attached hydrogens (primary N) is 1. The van der Waals surface area contributed by atoms with Crippen molar-refractivity contribution < 1.29 is 8.81 Å². The summed E-state index contributed by atoms with van der Waals surface area (Å²) in [6.45, 7) is 0. The van der Waals surface area contributed by atoms with E-state index >= 15 is 0 Å². The van der Waals surface area contributed by atoms with Gasteiger partial charge in [0.2, 0.25) is 0 Å². The SMILES string of the molecule is NC(c1cc2cccc(F)c2o1)c1cncs1. The van der Waals surface area contributed by atoms with Gasteiger partial charge in [-0.25, -0.2) is 4.39 Å². The predicted octanol–water partition coefficient (Wildman–Crippen LogP) is 3.08. The molecule has 0 fully saturated rings. The fraction of sp³-hybridized carbons (Fsp3) is 0.0833. The Morgan fingerprint density at radius 2 is 2.29 bits per heavy atom. The largest absolute Gasteiger partial charge is 0.456 e. The Hall–Kier alpha value is -1.72. The monoisotopic (exact) mass is 248 g/mol. The van der Waals surface area contributed by atoms with Crippen LogP contribution in [0.15, 0.2) is 40.4 Å². The first kappa shape index (κ1) is 10.4. The van der Waals surface area contributed by atoms with E-state index in [1.54, 1.807) is 29.9 Å². The van der Waals surface area contributed by atoms with Crippen LogP contribution < -0.4 is 5.73 Å². The minimum Gasteiger partial charge on any atom is -0.456 e. The van der Waals surface area contributed by atoms with Crippen LogP contribution in [0.1, 0.15) is 16.7 Å². The average Bonchev–Trinajstić information content (AvgIpc) is 2.98. The van der Waals surface area contributed by atoms with Gasteiger partial charge in [0.15, 0.2) is 11.4 Å². The lowest BCUT2D eigenvalue weighted by Gasteiger charge is -2.03. The minimum atomic E-state index is -0.394. The summed E-state index contributed by atoms with van der Waals surface area (Å²) in [5.41, 5.74) is 7.99. The molecule has 0 aliphatic heterocycles. The molecule has 0 bridgehead atoms. The molecule has 0 aliphatic rings. The van der Waals surface area contributed by atoms with E-state index < -0.39 is 6.04 Å². The Balaban J connectivity index is 2.10. The Bertz CT molecular complexity index is 648. The Kier molecular flexibility index (Phi) is 2.42. The molecular weight excluding hydrogens is 239 g/mol. The smallest absolute Gasteiger partial charge is 0.169 e.